The van der Waals surface area contributed by atoms with Gasteiger partial charge in [0, 0.05) is 43.3 Å². The first-order valence-electron chi connectivity index (χ1n) is 9.69. The van der Waals surface area contributed by atoms with Crippen LogP contribution in [0.2, 0.25) is 5.02 Å². The van der Waals surface area contributed by atoms with Crippen LogP contribution in [0, 0.1) is 11.7 Å². The van der Waals surface area contributed by atoms with Crippen molar-refractivity contribution in [3.63, 3.8) is 0 Å². The molecular formula is C20H24ClFN2O3. The molecule has 0 spiro atoms. The van der Waals surface area contributed by atoms with Crippen LogP contribution < -0.4 is 0 Å². The first kappa shape index (κ1) is 18.7. The highest BCUT2D eigenvalue weighted by atomic mass is 35.5. The molecule has 2 amide bonds. The van der Waals surface area contributed by atoms with E-state index in [1.165, 1.54) is 18.2 Å². The number of rotatable bonds is 4. The molecular weight excluding hydrogens is 371 g/mol. The molecule has 2 saturated heterocycles. The molecule has 1 unspecified atom stereocenters. The van der Waals surface area contributed by atoms with E-state index in [0.29, 0.717) is 31.3 Å². The van der Waals surface area contributed by atoms with Gasteiger partial charge in [-0.05, 0) is 50.3 Å². The van der Waals surface area contributed by atoms with Crippen LogP contribution in [0.3, 0.4) is 0 Å². The fourth-order valence-electron chi connectivity index (χ4n) is 4.15. The van der Waals surface area contributed by atoms with E-state index in [1.807, 2.05) is 4.90 Å². The Morgan fingerprint density at radius 3 is 2.56 bits per heavy atom. The zero-order valence-corrected chi connectivity index (χ0v) is 16.0. The molecule has 3 fully saturated rings. The van der Waals surface area contributed by atoms with Crippen molar-refractivity contribution in [1.29, 1.82) is 0 Å². The van der Waals surface area contributed by atoms with Crippen molar-refractivity contribution in [2.75, 3.05) is 26.3 Å². The van der Waals surface area contributed by atoms with Gasteiger partial charge in [0.1, 0.15) is 5.82 Å². The number of likely N-dealkylation sites (tertiary alicyclic amines) is 1. The Hall–Kier alpha value is -1.66. The Kier molecular flexibility index (Phi) is 5.37. The number of benzene rings is 1. The molecule has 1 atom stereocenters. The number of nitrogens with zero attached hydrogens (tertiary/aromatic N) is 2. The molecule has 0 aromatic heterocycles. The summed E-state index contributed by atoms with van der Waals surface area (Å²) in [6.07, 6.45) is 4.32. The van der Waals surface area contributed by atoms with Crippen LogP contribution >= 0.6 is 11.6 Å². The summed E-state index contributed by atoms with van der Waals surface area (Å²) >= 11 is 5.93. The highest BCUT2D eigenvalue weighted by Crippen LogP contribution is 2.35. The van der Waals surface area contributed by atoms with E-state index in [4.69, 9.17) is 16.3 Å². The second kappa shape index (κ2) is 7.76. The van der Waals surface area contributed by atoms with Crippen LogP contribution in [0.25, 0.3) is 0 Å². The Morgan fingerprint density at radius 1 is 1.11 bits per heavy atom. The molecule has 1 aromatic rings. The fourth-order valence-corrected chi connectivity index (χ4v) is 4.32. The molecule has 2 heterocycles. The third-order valence-corrected chi connectivity index (χ3v) is 6.00. The standard InChI is InChI=1S/C20H24ClFN2O3/c21-14-3-4-18(22)17(11-14)20(26)23-8-5-16(12-23)24(19(25)13-1-2-13)15-6-9-27-10-7-15/h3-4,11,13,15-16H,1-2,5-10,12H2. The topological polar surface area (TPSA) is 49.9 Å². The molecule has 2 aliphatic heterocycles. The summed E-state index contributed by atoms with van der Waals surface area (Å²) in [5, 5.41) is 0.336. The Bertz CT molecular complexity index is 734. The number of hydrogen-bond donors (Lipinski definition) is 0. The SMILES string of the molecule is O=C(c1cc(Cl)ccc1F)N1CCC(N(C(=O)C2CC2)C2CCOCC2)C1. The Morgan fingerprint density at radius 2 is 1.85 bits per heavy atom. The minimum Gasteiger partial charge on any atom is -0.381 e. The summed E-state index contributed by atoms with van der Waals surface area (Å²) in [7, 11) is 0. The molecule has 7 heteroatoms. The molecule has 5 nitrogen and oxygen atoms in total. The van der Waals surface area contributed by atoms with E-state index >= 15 is 0 Å². The monoisotopic (exact) mass is 394 g/mol. The third-order valence-electron chi connectivity index (χ3n) is 5.77. The molecule has 0 bridgehead atoms. The van der Waals surface area contributed by atoms with Gasteiger partial charge in [-0.15, -0.1) is 0 Å². The Labute approximate surface area is 163 Å². The van der Waals surface area contributed by atoms with Gasteiger partial charge in [-0.25, -0.2) is 4.39 Å². The zero-order chi connectivity index (χ0) is 19.0. The van der Waals surface area contributed by atoms with Crippen molar-refractivity contribution >= 4 is 23.4 Å². The normalized spacial score (nSPS) is 23.5. The predicted molar refractivity (Wildman–Crippen MR) is 99.1 cm³/mol. The molecule has 3 aliphatic rings. The van der Waals surface area contributed by atoms with E-state index < -0.39 is 5.82 Å². The Balaban J connectivity index is 1.49. The van der Waals surface area contributed by atoms with Gasteiger partial charge < -0.3 is 14.5 Å². The van der Waals surface area contributed by atoms with Gasteiger partial charge in [0.2, 0.25) is 5.91 Å². The van der Waals surface area contributed by atoms with Crippen molar-refractivity contribution < 1.29 is 18.7 Å². The van der Waals surface area contributed by atoms with Crippen molar-refractivity contribution in [1.82, 2.24) is 9.80 Å². The molecule has 27 heavy (non-hydrogen) atoms. The molecule has 4 rings (SSSR count). The summed E-state index contributed by atoms with van der Waals surface area (Å²) < 4.78 is 19.5. The van der Waals surface area contributed by atoms with Crippen LogP contribution in [0.5, 0.6) is 0 Å². The van der Waals surface area contributed by atoms with Gasteiger partial charge in [-0.1, -0.05) is 11.6 Å². The van der Waals surface area contributed by atoms with Crippen LogP contribution in [0.15, 0.2) is 18.2 Å². The van der Waals surface area contributed by atoms with Crippen LogP contribution in [-0.2, 0) is 9.53 Å². The van der Waals surface area contributed by atoms with Gasteiger partial charge in [0.25, 0.3) is 5.91 Å². The van der Waals surface area contributed by atoms with E-state index in [1.54, 1.807) is 4.90 Å². The maximum absolute atomic E-state index is 14.1. The lowest BCUT2D eigenvalue weighted by molar-refractivity contribution is -0.139. The summed E-state index contributed by atoms with van der Waals surface area (Å²) in [5.74, 6) is -0.565. The second-order valence-electron chi connectivity index (χ2n) is 7.68. The molecule has 1 aromatic carbocycles. The van der Waals surface area contributed by atoms with Crippen LogP contribution in [0.4, 0.5) is 4.39 Å². The van der Waals surface area contributed by atoms with Crippen LogP contribution in [-0.4, -0.2) is 60.0 Å². The summed E-state index contributed by atoms with van der Waals surface area (Å²) in [4.78, 5) is 29.4. The predicted octanol–water partition coefficient (Wildman–Crippen LogP) is 3.11. The highest BCUT2D eigenvalue weighted by molar-refractivity contribution is 6.31. The summed E-state index contributed by atoms with van der Waals surface area (Å²) in [6.45, 7) is 2.30. The average Bonchev–Trinajstić information content (AvgIpc) is 3.43. The summed E-state index contributed by atoms with van der Waals surface area (Å²) in [5.41, 5.74) is -0.00529. The molecule has 0 N–H and O–H groups in total. The average molecular weight is 395 g/mol. The number of ether oxygens (including phenoxy) is 1. The van der Waals surface area contributed by atoms with Crippen molar-refractivity contribution in [3.05, 3.63) is 34.6 Å². The fraction of sp³-hybridized carbons (Fsp3) is 0.600. The molecule has 146 valence electrons. The number of carbonyl (C=O) groups is 2. The second-order valence-corrected chi connectivity index (χ2v) is 8.12. The minimum absolute atomic E-state index is 0.00529. The van der Waals surface area contributed by atoms with E-state index in [9.17, 15) is 14.0 Å². The first-order chi connectivity index (χ1) is 13.0. The molecule has 1 aliphatic carbocycles. The van der Waals surface area contributed by atoms with Crippen molar-refractivity contribution in [2.24, 2.45) is 5.92 Å². The smallest absolute Gasteiger partial charge is 0.256 e. The van der Waals surface area contributed by atoms with Gasteiger partial charge >= 0.3 is 0 Å². The lowest BCUT2D eigenvalue weighted by Crippen LogP contribution is -2.51. The van der Waals surface area contributed by atoms with Gasteiger partial charge in [-0.3, -0.25) is 9.59 Å². The van der Waals surface area contributed by atoms with Crippen molar-refractivity contribution in [3.8, 4) is 0 Å². The largest absolute Gasteiger partial charge is 0.381 e. The number of hydrogen-bond acceptors (Lipinski definition) is 3. The minimum atomic E-state index is -0.566. The first-order valence-corrected chi connectivity index (χ1v) is 10.1. The quantitative estimate of drug-likeness (QED) is 0.788. The van der Waals surface area contributed by atoms with Gasteiger partial charge in [0.15, 0.2) is 0 Å². The summed E-state index contributed by atoms with van der Waals surface area (Å²) in [6, 6.07) is 4.19. The zero-order valence-electron chi connectivity index (χ0n) is 15.2. The maximum atomic E-state index is 14.1. The number of carbonyl (C=O) groups excluding carboxylic acids is 2. The molecule has 1 saturated carbocycles. The maximum Gasteiger partial charge on any atom is 0.256 e. The highest BCUT2D eigenvalue weighted by Gasteiger charge is 2.42. The molecule has 0 radical (unpaired) electrons. The van der Waals surface area contributed by atoms with E-state index in [-0.39, 0.29) is 35.4 Å². The lowest BCUT2D eigenvalue weighted by Gasteiger charge is -2.38. The van der Waals surface area contributed by atoms with Gasteiger partial charge in [0.05, 0.1) is 11.6 Å². The van der Waals surface area contributed by atoms with E-state index in [0.717, 1.165) is 32.1 Å². The third kappa shape index (κ3) is 3.97. The van der Waals surface area contributed by atoms with Crippen molar-refractivity contribution in [2.45, 2.75) is 44.2 Å². The number of amides is 2. The van der Waals surface area contributed by atoms with E-state index in [2.05, 4.69) is 0 Å². The van der Waals surface area contributed by atoms with Gasteiger partial charge in [-0.2, -0.15) is 0 Å². The lowest BCUT2D eigenvalue weighted by atomic mass is 10.0. The number of halogens is 2. The van der Waals surface area contributed by atoms with Crippen LogP contribution in [0.1, 0.15) is 42.5 Å².